The van der Waals surface area contributed by atoms with Crippen LogP contribution in [-0.4, -0.2) is 38.1 Å². The first-order valence-corrected chi connectivity index (χ1v) is 8.50. The van der Waals surface area contributed by atoms with Gasteiger partial charge in [-0.15, -0.1) is 11.3 Å². The summed E-state index contributed by atoms with van der Waals surface area (Å²) in [5.41, 5.74) is 0.636. The minimum absolute atomic E-state index is 0.307. The Balaban J connectivity index is 1.38. The van der Waals surface area contributed by atoms with Crippen LogP contribution in [0.4, 0.5) is 0 Å². The van der Waals surface area contributed by atoms with Crippen LogP contribution in [0.2, 0.25) is 0 Å². The monoisotopic (exact) mass is 377 g/mol. The van der Waals surface area contributed by atoms with E-state index >= 15 is 0 Å². The Labute approximate surface area is 139 Å². The second kappa shape index (κ2) is 5.86. The number of aromatic nitrogens is 4. The Morgan fingerprint density at radius 1 is 1.36 bits per heavy atom. The molecule has 4 heterocycles. The van der Waals surface area contributed by atoms with Gasteiger partial charge in [-0.25, -0.2) is 4.98 Å². The van der Waals surface area contributed by atoms with E-state index in [1.807, 2.05) is 0 Å². The van der Waals surface area contributed by atoms with Gasteiger partial charge in [-0.1, -0.05) is 5.16 Å². The fourth-order valence-corrected chi connectivity index (χ4v) is 3.92. The van der Waals surface area contributed by atoms with Crippen molar-refractivity contribution in [2.75, 3.05) is 13.1 Å². The summed E-state index contributed by atoms with van der Waals surface area (Å²) in [7, 11) is 0. The van der Waals surface area contributed by atoms with Crippen LogP contribution in [0.1, 0.15) is 16.7 Å². The van der Waals surface area contributed by atoms with Crippen LogP contribution < -0.4 is 0 Å². The highest BCUT2D eigenvalue weighted by molar-refractivity contribution is 9.10. The molecule has 0 radical (unpaired) electrons. The molecule has 0 aromatic carbocycles. The SMILES string of the molecule is Brc1csc(CN2CC(c3nc(-c4cnccn4)no3)C2)c1. The smallest absolute Gasteiger partial charge is 0.232 e. The standard InChI is InChI=1S/C14H12BrN5OS/c15-10-3-11(22-8-10)7-20-5-9(6-20)14-18-13(19-21-14)12-4-16-1-2-17-12/h1-4,8-9H,5-7H2. The van der Waals surface area contributed by atoms with Gasteiger partial charge in [-0.3, -0.25) is 9.88 Å². The van der Waals surface area contributed by atoms with Gasteiger partial charge < -0.3 is 4.52 Å². The van der Waals surface area contributed by atoms with Crippen molar-refractivity contribution in [3.8, 4) is 11.5 Å². The summed E-state index contributed by atoms with van der Waals surface area (Å²) < 4.78 is 6.51. The summed E-state index contributed by atoms with van der Waals surface area (Å²) >= 11 is 5.25. The zero-order valence-electron chi connectivity index (χ0n) is 11.5. The van der Waals surface area contributed by atoms with E-state index in [0.29, 0.717) is 23.3 Å². The topological polar surface area (TPSA) is 67.9 Å². The van der Waals surface area contributed by atoms with E-state index in [2.05, 4.69) is 52.4 Å². The summed E-state index contributed by atoms with van der Waals surface area (Å²) in [6.45, 7) is 2.85. The Hall–Kier alpha value is -1.64. The number of hydrogen-bond donors (Lipinski definition) is 0. The van der Waals surface area contributed by atoms with E-state index in [9.17, 15) is 0 Å². The lowest BCUT2D eigenvalue weighted by atomic mass is 10.0. The van der Waals surface area contributed by atoms with Gasteiger partial charge in [0.25, 0.3) is 0 Å². The molecule has 0 spiro atoms. The molecule has 3 aromatic rings. The summed E-state index contributed by atoms with van der Waals surface area (Å²) in [6, 6.07) is 2.16. The third-order valence-electron chi connectivity index (χ3n) is 3.54. The molecule has 8 heteroatoms. The molecule has 0 amide bonds. The van der Waals surface area contributed by atoms with Gasteiger partial charge >= 0.3 is 0 Å². The van der Waals surface area contributed by atoms with Gasteiger partial charge in [0, 0.05) is 46.8 Å². The lowest BCUT2D eigenvalue weighted by molar-refractivity contribution is 0.118. The normalized spacial score (nSPS) is 15.9. The van der Waals surface area contributed by atoms with Crippen molar-refractivity contribution in [1.82, 2.24) is 25.0 Å². The highest BCUT2D eigenvalue weighted by Gasteiger charge is 2.32. The fourth-order valence-electron chi connectivity index (χ4n) is 2.43. The van der Waals surface area contributed by atoms with E-state index in [4.69, 9.17) is 4.52 Å². The third-order valence-corrected chi connectivity index (χ3v) is 5.22. The Morgan fingerprint density at radius 3 is 3.00 bits per heavy atom. The van der Waals surface area contributed by atoms with Gasteiger partial charge in [0.1, 0.15) is 5.69 Å². The maximum absolute atomic E-state index is 5.37. The number of hydrogen-bond acceptors (Lipinski definition) is 7. The molecule has 112 valence electrons. The van der Waals surface area contributed by atoms with Crippen LogP contribution in [0, 0.1) is 0 Å². The number of rotatable bonds is 4. The van der Waals surface area contributed by atoms with E-state index in [-0.39, 0.29) is 0 Å². The fraction of sp³-hybridized carbons (Fsp3) is 0.286. The van der Waals surface area contributed by atoms with E-state index in [0.717, 1.165) is 24.1 Å². The van der Waals surface area contributed by atoms with Crippen molar-refractivity contribution >= 4 is 27.3 Å². The molecule has 0 saturated carbocycles. The number of halogens is 1. The van der Waals surface area contributed by atoms with Crippen molar-refractivity contribution in [3.63, 3.8) is 0 Å². The van der Waals surface area contributed by atoms with Crippen molar-refractivity contribution in [2.24, 2.45) is 0 Å². The zero-order chi connectivity index (χ0) is 14.9. The van der Waals surface area contributed by atoms with Crippen molar-refractivity contribution in [3.05, 3.63) is 45.3 Å². The van der Waals surface area contributed by atoms with E-state index < -0.39 is 0 Å². The van der Waals surface area contributed by atoms with Gasteiger partial charge in [0.2, 0.25) is 11.7 Å². The molecular formula is C14H12BrN5OS. The molecule has 0 unspecified atom stereocenters. The molecule has 6 nitrogen and oxygen atoms in total. The highest BCUT2D eigenvalue weighted by Crippen LogP contribution is 2.30. The molecule has 0 bridgehead atoms. The van der Waals surface area contributed by atoms with Crippen LogP contribution in [0.15, 0.2) is 39.0 Å². The maximum Gasteiger partial charge on any atom is 0.232 e. The minimum atomic E-state index is 0.307. The number of nitrogens with zero attached hydrogens (tertiary/aromatic N) is 5. The van der Waals surface area contributed by atoms with E-state index in [1.165, 1.54) is 4.88 Å². The van der Waals surface area contributed by atoms with Crippen molar-refractivity contribution in [2.45, 2.75) is 12.5 Å². The van der Waals surface area contributed by atoms with Crippen molar-refractivity contribution in [1.29, 1.82) is 0 Å². The average Bonchev–Trinajstić information content (AvgIpc) is 3.12. The van der Waals surface area contributed by atoms with Gasteiger partial charge in [-0.05, 0) is 22.0 Å². The van der Waals surface area contributed by atoms with Gasteiger partial charge in [-0.2, -0.15) is 4.98 Å². The van der Waals surface area contributed by atoms with Crippen LogP contribution in [0.25, 0.3) is 11.5 Å². The number of likely N-dealkylation sites (tertiary alicyclic amines) is 1. The largest absolute Gasteiger partial charge is 0.339 e. The Bertz CT molecular complexity index is 768. The lowest BCUT2D eigenvalue weighted by Gasteiger charge is -2.36. The van der Waals surface area contributed by atoms with Crippen LogP contribution in [0.5, 0.6) is 0 Å². The summed E-state index contributed by atoms with van der Waals surface area (Å²) in [4.78, 5) is 16.4. The van der Waals surface area contributed by atoms with Crippen molar-refractivity contribution < 1.29 is 4.52 Å². The van der Waals surface area contributed by atoms with Crippen LogP contribution in [0.3, 0.4) is 0 Å². The predicted molar refractivity (Wildman–Crippen MR) is 85.4 cm³/mol. The lowest BCUT2D eigenvalue weighted by Crippen LogP contribution is -2.44. The predicted octanol–water partition coefficient (Wildman–Crippen LogP) is 2.95. The number of thiophene rings is 1. The quantitative estimate of drug-likeness (QED) is 0.696. The molecule has 1 saturated heterocycles. The third kappa shape index (κ3) is 2.81. The van der Waals surface area contributed by atoms with Crippen LogP contribution in [-0.2, 0) is 6.54 Å². The molecule has 4 rings (SSSR count). The Kier molecular flexibility index (Phi) is 3.73. The summed E-state index contributed by atoms with van der Waals surface area (Å²) in [5, 5.41) is 6.10. The first kappa shape index (κ1) is 14.0. The highest BCUT2D eigenvalue weighted by atomic mass is 79.9. The molecule has 1 fully saturated rings. The molecule has 0 N–H and O–H groups in total. The molecule has 22 heavy (non-hydrogen) atoms. The first-order valence-electron chi connectivity index (χ1n) is 6.83. The second-order valence-electron chi connectivity index (χ2n) is 5.17. The molecular weight excluding hydrogens is 366 g/mol. The second-order valence-corrected chi connectivity index (χ2v) is 7.08. The van der Waals surface area contributed by atoms with Gasteiger partial charge in [0.15, 0.2) is 0 Å². The molecule has 3 aromatic heterocycles. The Morgan fingerprint density at radius 2 is 2.27 bits per heavy atom. The van der Waals surface area contributed by atoms with E-state index in [1.54, 1.807) is 29.9 Å². The molecule has 0 atom stereocenters. The molecule has 1 aliphatic heterocycles. The minimum Gasteiger partial charge on any atom is -0.339 e. The summed E-state index contributed by atoms with van der Waals surface area (Å²) in [5.74, 6) is 1.49. The average molecular weight is 378 g/mol. The maximum atomic E-state index is 5.37. The summed E-state index contributed by atoms with van der Waals surface area (Å²) in [6.07, 6.45) is 4.88. The first-order chi connectivity index (χ1) is 10.8. The van der Waals surface area contributed by atoms with Crippen LogP contribution >= 0.6 is 27.3 Å². The van der Waals surface area contributed by atoms with Gasteiger partial charge in [0.05, 0.1) is 12.1 Å². The zero-order valence-corrected chi connectivity index (χ0v) is 13.9. The molecule has 0 aliphatic carbocycles. The molecule has 1 aliphatic rings.